The topological polar surface area (TPSA) is 68.6 Å². The van der Waals surface area contributed by atoms with Crippen molar-refractivity contribution in [2.24, 2.45) is 0 Å². The minimum absolute atomic E-state index is 0.107. The Morgan fingerprint density at radius 1 is 1.38 bits per heavy atom. The van der Waals surface area contributed by atoms with Crippen molar-refractivity contribution in [2.45, 2.75) is 19.9 Å². The first-order chi connectivity index (χ1) is 11.6. The van der Waals surface area contributed by atoms with E-state index in [0.29, 0.717) is 11.6 Å². The molecule has 0 spiro atoms. The number of hydrogen-bond donors (Lipinski definition) is 1. The smallest absolute Gasteiger partial charge is 0.241 e. The summed E-state index contributed by atoms with van der Waals surface area (Å²) in [5.41, 5.74) is 1.47. The van der Waals surface area contributed by atoms with E-state index in [2.05, 4.69) is 23.2 Å². The number of rotatable bonds is 7. The van der Waals surface area contributed by atoms with Crippen LogP contribution in [0.3, 0.4) is 0 Å². The van der Waals surface area contributed by atoms with Crippen LogP contribution in [0.5, 0.6) is 0 Å². The minimum Gasteiger partial charge on any atom is -0.380 e. The average molecular weight is 330 g/mol. The third kappa shape index (κ3) is 5.22. The first kappa shape index (κ1) is 18.2. The van der Waals surface area contributed by atoms with E-state index in [9.17, 15) is 4.79 Å². The third-order valence-electron chi connectivity index (χ3n) is 4.30. The molecule has 1 unspecified atom stereocenters. The Morgan fingerprint density at radius 2 is 2.12 bits per heavy atom. The fraction of sp³-hybridized carbons (Fsp3) is 0.556. The molecule has 1 heterocycles. The molecule has 1 atom stereocenters. The van der Waals surface area contributed by atoms with E-state index >= 15 is 0 Å². The maximum Gasteiger partial charge on any atom is 0.241 e. The second kappa shape index (κ2) is 9.26. The standard InChI is InChI=1S/C18H26N4O2/c1-3-24-11-10-21-8-9-22(14-15(21)2)18(23)13-20-17-6-4-16(12-19)5-7-17/h4-7,15,20H,3,8-11,13-14H2,1-2H3. The molecule has 6 heteroatoms. The van der Waals surface area contributed by atoms with Gasteiger partial charge in [-0.15, -0.1) is 0 Å². The van der Waals surface area contributed by atoms with Crippen LogP contribution >= 0.6 is 0 Å². The normalized spacial score (nSPS) is 18.2. The highest BCUT2D eigenvalue weighted by Crippen LogP contribution is 2.11. The summed E-state index contributed by atoms with van der Waals surface area (Å²) in [4.78, 5) is 16.7. The molecule has 24 heavy (non-hydrogen) atoms. The number of amides is 1. The van der Waals surface area contributed by atoms with Crippen molar-refractivity contribution >= 4 is 11.6 Å². The highest BCUT2D eigenvalue weighted by molar-refractivity contribution is 5.81. The van der Waals surface area contributed by atoms with Crippen molar-refractivity contribution in [1.82, 2.24) is 9.80 Å². The van der Waals surface area contributed by atoms with Gasteiger partial charge in [0.25, 0.3) is 0 Å². The Bertz CT molecular complexity index is 567. The van der Waals surface area contributed by atoms with E-state index in [1.165, 1.54) is 0 Å². The van der Waals surface area contributed by atoms with Crippen LogP contribution in [-0.4, -0.2) is 67.7 Å². The van der Waals surface area contributed by atoms with Crippen LogP contribution in [0.15, 0.2) is 24.3 Å². The summed E-state index contributed by atoms with van der Waals surface area (Å²) in [7, 11) is 0. The molecule has 130 valence electrons. The molecule has 0 saturated carbocycles. The number of anilines is 1. The molecular formula is C18H26N4O2. The van der Waals surface area contributed by atoms with Crippen molar-refractivity contribution in [1.29, 1.82) is 5.26 Å². The van der Waals surface area contributed by atoms with Crippen LogP contribution in [0.2, 0.25) is 0 Å². The van der Waals surface area contributed by atoms with Crippen LogP contribution < -0.4 is 5.32 Å². The molecule has 1 fully saturated rings. The zero-order valence-corrected chi connectivity index (χ0v) is 14.5. The fourth-order valence-electron chi connectivity index (χ4n) is 2.83. The summed E-state index contributed by atoms with van der Waals surface area (Å²) in [6, 6.07) is 9.55. The zero-order valence-electron chi connectivity index (χ0n) is 14.5. The Balaban J connectivity index is 1.76. The van der Waals surface area contributed by atoms with Gasteiger partial charge in [-0.25, -0.2) is 0 Å². The van der Waals surface area contributed by atoms with E-state index in [4.69, 9.17) is 10.00 Å². The number of carbonyl (C=O) groups excluding carboxylic acids is 1. The Morgan fingerprint density at radius 3 is 2.75 bits per heavy atom. The molecule has 1 aliphatic heterocycles. The van der Waals surface area contributed by atoms with E-state index in [-0.39, 0.29) is 12.5 Å². The Hall–Kier alpha value is -2.10. The molecule has 0 aromatic heterocycles. The second-order valence-electron chi connectivity index (χ2n) is 5.96. The molecule has 1 aromatic rings. The highest BCUT2D eigenvalue weighted by atomic mass is 16.5. The lowest BCUT2D eigenvalue weighted by Crippen LogP contribution is -2.55. The van der Waals surface area contributed by atoms with Crippen molar-refractivity contribution in [3.8, 4) is 6.07 Å². The van der Waals surface area contributed by atoms with Crippen LogP contribution in [0.1, 0.15) is 19.4 Å². The van der Waals surface area contributed by atoms with Gasteiger partial charge in [0.1, 0.15) is 0 Å². The average Bonchev–Trinajstić information content (AvgIpc) is 2.61. The fourth-order valence-corrected chi connectivity index (χ4v) is 2.83. The van der Waals surface area contributed by atoms with Crippen molar-refractivity contribution in [3.05, 3.63) is 29.8 Å². The molecule has 1 amide bonds. The summed E-state index contributed by atoms with van der Waals surface area (Å²) in [5.74, 6) is 0.107. The Kier molecular flexibility index (Phi) is 7.04. The van der Waals surface area contributed by atoms with Crippen molar-refractivity contribution in [2.75, 3.05) is 51.3 Å². The van der Waals surface area contributed by atoms with Gasteiger partial charge < -0.3 is 15.0 Å². The lowest BCUT2D eigenvalue weighted by Gasteiger charge is -2.39. The van der Waals surface area contributed by atoms with Gasteiger partial charge in [0, 0.05) is 44.5 Å². The van der Waals surface area contributed by atoms with Crippen molar-refractivity contribution in [3.63, 3.8) is 0 Å². The number of carbonyl (C=O) groups is 1. The van der Waals surface area contributed by atoms with Gasteiger partial charge in [0.2, 0.25) is 5.91 Å². The van der Waals surface area contributed by atoms with Gasteiger partial charge in [-0.3, -0.25) is 9.69 Å². The summed E-state index contributed by atoms with van der Waals surface area (Å²) >= 11 is 0. The molecule has 1 aliphatic rings. The summed E-state index contributed by atoms with van der Waals surface area (Å²) in [6.45, 7) is 9.22. The molecule has 0 bridgehead atoms. The predicted molar refractivity (Wildman–Crippen MR) is 93.8 cm³/mol. The number of nitrogens with one attached hydrogen (secondary N) is 1. The highest BCUT2D eigenvalue weighted by Gasteiger charge is 2.26. The van der Waals surface area contributed by atoms with E-state index < -0.39 is 0 Å². The Labute approximate surface area is 144 Å². The van der Waals surface area contributed by atoms with Gasteiger partial charge in [0.15, 0.2) is 0 Å². The monoisotopic (exact) mass is 330 g/mol. The van der Waals surface area contributed by atoms with Gasteiger partial charge in [-0.1, -0.05) is 0 Å². The molecule has 1 saturated heterocycles. The summed E-state index contributed by atoms with van der Waals surface area (Å²) in [5, 5.41) is 11.9. The molecule has 0 aliphatic carbocycles. The quantitative estimate of drug-likeness (QED) is 0.768. The van der Waals surface area contributed by atoms with Gasteiger partial charge in [-0.2, -0.15) is 5.26 Å². The molecule has 0 radical (unpaired) electrons. The maximum atomic E-state index is 12.4. The first-order valence-corrected chi connectivity index (χ1v) is 8.47. The number of nitriles is 1. The number of benzene rings is 1. The number of nitrogens with zero attached hydrogens (tertiary/aromatic N) is 3. The first-order valence-electron chi connectivity index (χ1n) is 8.47. The lowest BCUT2D eigenvalue weighted by atomic mass is 10.2. The van der Waals surface area contributed by atoms with Gasteiger partial charge in [0.05, 0.1) is 24.8 Å². The minimum atomic E-state index is 0.107. The molecule has 2 rings (SSSR count). The molecule has 1 N–H and O–H groups in total. The molecular weight excluding hydrogens is 304 g/mol. The maximum absolute atomic E-state index is 12.4. The number of hydrogen-bond acceptors (Lipinski definition) is 5. The lowest BCUT2D eigenvalue weighted by molar-refractivity contribution is -0.132. The summed E-state index contributed by atoms with van der Waals surface area (Å²) < 4.78 is 5.41. The van der Waals surface area contributed by atoms with E-state index in [0.717, 1.165) is 45.1 Å². The SMILES string of the molecule is CCOCCN1CCN(C(=O)CNc2ccc(C#N)cc2)CC1C. The number of piperazine rings is 1. The van der Waals surface area contributed by atoms with Crippen molar-refractivity contribution < 1.29 is 9.53 Å². The van der Waals surface area contributed by atoms with E-state index in [1.54, 1.807) is 12.1 Å². The second-order valence-corrected chi connectivity index (χ2v) is 5.96. The third-order valence-corrected chi connectivity index (χ3v) is 4.30. The van der Waals surface area contributed by atoms with Crippen LogP contribution in [0.25, 0.3) is 0 Å². The van der Waals surface area contributed by atoms with Gasteiger partial charge >= 0.3 is 0 Å². The number of ether oxygens (including phenoxy) is 1. The zero-order chi connectivity index (χ0) is 17.4. The van der Waals surface area contributed by atoms with Crippen LogP contribution in [-0.2, 0) is 9.53 Å². The van der Waals surface area contributed by atoms with Gasteiger partial charge in [-0.05, 0) is 38.1 Å². The van der Waals surface area contributed by atoms with Crippen LogP contribution in [0, 0.1) is 11.3 Å². The summed E-state index contributed by atoms with van der Waals surface area (Å²) in [6.07, 6.45) is 0. The van der Waals surface area contributed by atoms with E-state index in [1.807, 2.05) is 24.0 Å². The predicted octanol–water partition coefficient (Wildman–Crippen LogP) is 1.54. The molecule has 1 aromatic carbocycles. The molecule has 6 nitrogen and oxygen atoms in total. The van der Waals surface area contributed by atoms with Crippen LogP contribution in [0.4, 0.5) is 5.69 Å². The largest absolute Gasteiger partial charge is 0.380 e.